The topological polar surface area (TPSA) is 66.4 Å². The van der Waals surface area contributed by atoms with Crippen LogP contribution < -0.4 is 4.72 Å². The van der Waals surface area contributed by atoms with Crippen LogP contribution in [0.3, 0.4) is 0 Å². The van der Waals surface area contributed by atoms with E-state index in [2.05, 4.69) is 4.72 Å². The van der Waals surface area contributed by atoms with Gasteiger partial charge in [-0.2, -0.15) is 0 Å². The van der Waals surface area contributed by atoms with Crippen molar-refractivity contribution < 1.29 is 13.5 Å². The Morgan fingerprint density at radius 1 is 0.833 bits per heavy atom. The van der Waals surface area contributed by atoms with E-state index in [4.69, 9.17) is 0 Å². The summed E-state index contributed by atoms with van der Waals surface area (Å²) in [5, 5.41) is 9.41. The van der Waals surface area contributed by atoms with Crippen molar-refractivity contribution in [1.29, 1.82) is 0 Å². The Morgan fingerprint density at radius 3 is 2.08 bits per heavy atom. The van der Waals surface area contributed by atoms with Gasteiger partial charge in [-0.25, -0.2) is 8.42 Å². The highest BCUT2D eigenvalue weighted by molar-refractivity contribution is 7.92. The van der Waals surface area contributed by atoms with E-state index in [1.165, 1.54) is 12.1 Å². The Bertz CT molecular complexity index is 950. The summed E-state index contributed by atoms with van der Waals surface area (Å²) in [5.74, 6) is 0.0997. The summed E-state index contributed by atoms with van der Waals surface area (Å²) < 4.78 is 27.6. The molecule has 0 radical (unpaired) electrons. The van der Waals surface area contributed by atoms with Gasteiger partial charge in [-0.3, -0.25) is 4.72 Å². The van der Waals surface area contributed by atoms with Crippen molar-refractivity contribution in [3.05, 3.63) is 78.4 Å². The molecule has 0 heterocycles. The molecule has 0 atom stereocenters. The maximum Gasteiger partial charge on any atom is 0.261 e. The number of aromatic hydroxyl groups is 1. The molecule has 0 spiro atoms. The maximum atomic E-state index is 12.5. The van der Waals surface area contributed by atoms with Crippen molar-refractivity contribution in [2.45, 2.75) is 11.8 Å². The first-order valence-electron chi connectivity index (χ1n) is 7.44. The van der Waals surface area contributed by atoms with Crippen molar-refractivity contribution in [2.75, 3.05) is 4.72 Å². The Morgan fingerprint density at radius 2 is 1.46 bits per heavy atom. The van der Waals surface area contributed by atoms with Gasteiger partial charge in [0.2, 0.25) is 0 Å². The zero-order valence-corrected chi connectivity index (χ0v) is 13.9. The maximum absolute atomic E-state index is 12.5. The van der Waals surface area contributed by atoms with Gasteiger partial charge >= 0.3 is 0 Å². The fourth-order valence-electron chi connectivity index (χ4n) is 2.42. The summed E-state index contributed by atoms with van der Waals surface area (Å²) in [7, 11) is -3.68. The Balaban J connectivity index is 1.87. The normalized spacial score (nSPS) is 11.2. The molecule has 3 aromatic carbocycles. The number of hydrogen-bond acceptors (Lipinski definition) is 3. The van der Waals surface area contributed by atoms with Crippen LogP contribution in [-0.4, -0.2) is 13.5 Å². The highest BCUT2D eigenvalue weighted by atomic mass is 32.2. The standard InChI is InChI=1S/C19H17NO3S/c1-14-13-17(21)9-12-19(14)20-24(22,23)18-10-7-16(8-11-18)15-5-3-2-4-6-15/h2-13,20-21H,1H3. The Kier molecular flexibility index (Phi) is 4.27. The van der Waals surface area contributed by atoms with E-state index >= 15 is 0 Å². The number of hydrogen-bond donors (Lipinski definition) is 2. The summed E-state index contributed by atoms with van der Waals surface area (Å²) >= 11 is 0. The van der Waals surface area contributed by atoms with Crippen molar-refractivity contribution in [2.24, 2.45) is 0 Å². The molecule has 0 bridgehead atoms. The van der Waals surface area contributed by atoms with Crippen molar-refractivity contribution in [3.8, 4) is 16.9 Å². The number of benzene rings is 3. The van der Waals surface area contributed by atoms with Gasteiger partial charge in [0, 0.05) is 0 Å². The molecule has 0 aliphatic carbocycles. The van der Waals surface area contributed by atoms with Crippen LogP contribution in [0.15, 0.2) is 77.7 Å². The van der Waals surface area contributed by atoms with Crippen molar-refractivity contribution >= 4 is 15.7 Å². The van der Waals surface area contributed by atoms with Gasteiger partial charge in [-0.15, -0.1) is 0 Å². The average molecular weight is 339 g/mol. The largest absolute Gasteiger partial charge is 0.508 e. The van der Waals surface area contributed by atoms with Crippen LogP contribution in [0.2, 0.25) is 0 Å². The molecule has 2 N–H and O–H groups in total. The first-order chi connectivity index (χ1) is 11.5. The van der Waals surface area contributed by atoms with Gasteiger partial charge in [0.05, 0.1) is 10.6 Å². The lowest BCUT2D eigenvalue weighted by atomic mass is 10.1. The molecule has 4 nitrogen and oxygen atoms in total. The second-order valence-corrected chi connectivity index (χ2v) is 7.18. The van der Waals surface area contributed by atoms with Crippen LogP contribution >= 0.6 is 0 Å². The quantitative estimate of drug-likeness (QED) is 0.701. The molecule has 5 heteroatoms. The minimum absolute atomic E-state index is 0.0997. The second-order valence-electron chi connectivity index (χ2n) is 5.50. The van der Waals surface area contributed by atoms with Gasteiger partial charge in [0.25, 0.3) is 10.0 Å². The highest BCUT2D eigenvalue weighted by Gasteiger charge is 2.15. The van der Waals surface area contributed by atoms with E-state index in [1.807, 2.05) is 30.3 Å². The number of phenols is 1. The first-order valence-corrected chi connectivity index (χ1v) is 8.92. The third-order valence-electron chi connectivity index (χ3n) is 3.73. The van der Waals surface area contributed by atoms with E-state index < -0.39 is 10.0 Å². The van der Waals surface area contributed by atoms with Crippen LogP contribution in [0.5, 0.6) is 5.75 Å². The lowest BCUT2D eigenvalue weighted by Crippen LogP contribution is -2.13. The SMILES string of the molecule is Cc1cc(O)ccc1NS(=O)(=O)c1ccc(-c2ccccc2)cc1. The molecular formula is C19H17NO3S. The van der Waals surface area contributed by atoms with E-state index in [9.17, 15) is 13.5 Å². The molecule has 0 aliphatic rings. The molecule has 0 fully saturated rings. The van der Waals surface area contributed by atoms with Crippen LogP contribution in [-0.2, 0) is 10.0 Å². The van der Waals surface area contributed by atoms with Crippen LogP contribution in [0.4, 0.5) is 5.69 Å². The van der Waals surface area contributed by atoms with Gasteiger partial charge in [-0.05, 0) is 53.9 Å². The van der Waals surface area contributed by atoms with Crippen LogP contribution in [0.1, 0.15) is 5.56 Å². The average Bonchev–Trinajstić information content (AvgIpc) is 2.58. The van der Waals surface area contributed by atoms with Gasteiger partial charge in [0.15, 0.2) is 0 Å². The third-order valence-corrected chi connectivity index (χ3v) is 5.11. The third kappa shape index (κ3) is 3.41. The fourth-order valence-corrected chi connectivity index (χ4v) is 3.55. The minimum atomic E-state index is -3.68. The number of phenolic OH excluding ortho intramolecular Hbond substituents is 1. The molecule has 0 amide bonds. The number of sulfonamides is 1. The second kappa shape index (κ2) is 6.37. The first kappa shape index (κ1) is 16.1. The molecule has 122 valence electrons. The van der Waals surface area contributed by atoms with Crippen molar-refractivity contribution in [3.63, 3.8) is 0 Å². The lowest BCUT2D eigenvalue weighted by Gasteiger charge is -2.11. The van der Waals surface area contributed by atoms with Crippen molar-refractivity contribution in [1.82, 2.24) is 0 Å². The smallest absolute Gasteiger partial charge is 0.261 e. The van der Waals surface area contributed by atoms with Crippen LogP contribution in [0, 0.1) is 6.92 Å². The summed E-state index contributed by atoms with van der Waals surface area (Å²) in [6.07, 6.45) is 0. The van der Waals surface area contributed by atoms with Gasteiger partial charge in [-0.1, -0.05) is 42.5 Å². The number of rotatable bonds is 4. The molecule has 0 saturated heterocycles. The number of anilines is 1. The molecule has 0 saturated carbocycles. The minimum Gasteiger partial charge on any atom is -0.508 e. The van der Waals surface area contributed by atoms with E-state index in [0.717, 1.165) is 11.1 Å². The predicted octanol–water partition coefficient (Wildman–Crippen LogP) is 4.17. The number of aryl methyl sites for hydroxylation is 1. The number of nitrogens with one attached hydrogen (secondary N) is 1. The summed E-state index contributed by atoms with van der Waals surface area (Å²) in [5.41, 5.74) is 3.08. The Labute approximate surface area is 141 Å². The highest BCUT2D eigenvalue weighted by Crippen LogP contribution is 2.25. The lowest BCUT2D eigenvalue weighted by molar-refractivity contribution is 0.475. The summed E-state index contributed by atoms with van der Waals surface area (Å²) in [6, 6.07) is 21.0. The zero-order chi connectivity index (χ0) is 17.2. The zero-order valence-electron chi connectivity index (χ0n) is 13.1. The van der Waals surface area contributed by atoms with Gasteiger partial charge in [0.1, 0.15) is 5.75 Å². The van der Waals surface area contributed by atoms with E-state index in [0.29, 0.717) is 11.3 Å². The molecule has 0 unspecified atom stereocenters. The molecule has 3 rings (SSSR count). The summed E-state index contributed by atoms with van der Waals surface area (Å²) in [6.45, 7) is 1.73. The molecular weight excluding hydrogens is 322 g/mol. The van der Waals surface area contributed by atoms with Crippen LogP contribution in [0.25, 0.3) is 11.1 Å². The van der Waals surface area contributed by atoms with E-state index in [1.54, 1.807) is 37.3 Å². The monoisotopic (exact) mass is 339 g/mol. The van der Waals surface area contributed by atoms with E-state index in [-0.39, 0.29) is 10.6 Å². The Hall–Kier alpha value is -2.79. The molecule has 0 aliphatic heterocycles. The fraction of sp³-hybridized carbons (Fsp3) is 0.0526. The summed E-state index contributed by atoms with van der Waals surface area (Å²) in [4.78, 5) is 0.189. The molecule has 24 heavy (non-hydrogen) atoms. The van der Waals surface area contributed by atoms with Gasteiger partial charge < -0.3 is 5.11 Å². The predicted molar refractivity (Wildman–Crippen MR) is 95.5 cm³/mol. The molecule has 0 aromatic heterocycles. The molecule has 3 aromatic rings.